The van der Waals surface area contributed by atoms with E-state index < -0.39 is 0 Å². The summed E-state index contributed by atoms with van der Waals surface area (Å²) in [7, 11) is 0. The molecule has 2 unspecified atom stereocenters. The van der Waals surface area contributed by atoms with Gasteiger partial charge in [0.1, 0.15) is 31.0 Å². The van der Waals surface area contributed by atoms with Gasteiger partial charge in [-0.1, -0.05) is 12.2 Å². The van der Waals surface area contributed by atoms with Crippen molar-refractivity contribution in [2.75, 3.05) is 33.0 Å². The summed E-state index contributed by atoms with van der Waals surface area (Å²) >= 11 is 0. The second kappa shape index (κ2) is 6.29. The van der Waals surface area contributed by atoms with Gasteiger partial charge in [0.25, 0.3) is 0 Å². The van der Waals surface area contributed by atoms with Gasteiger partial charge < -0.3 is 23.7 Å². The lowest BCUT2D eigenvalue weighted by Gasteiger charge is -2.11. The Morgan fingerprint density at radius 2 is 1.35 bits per heavy atom. The number of hydrogen-bond acceptors (Lipinski definition) is 8. The Kier molecular flexibility index (Phi) is 4.36. The summed E-state index contributed by atoms with van der Waals surface area (Å²) < 4.78 is 27.1. The minimum atomic E-state index is -0.255. The maximum Gasteiger partial charge on any atom is 0.326 e. The first-order valence-corrected chi connectivity index (χ1v) is 7.54. The predicted octanol–water partition coefficient (Wildman–Crippen LogP) is 1.16. The Morgan fingerprint density at radius 1 is 0.913 bits per heavy atom. The number of hydrogen-bond donors (Lipinski definition) is 0. The summed E-state index contributed by atoms with van der Waals surface area (Å²) in [6.07, 6.45) is 3.73. The molecule has 126 valence electrons. The van der Waals surface area contributed by atoms with E-state index in [4.69, 9.17) is 23.7 Å². The quantitative estimate of drug-likeness (QED) is 0.494. The van der Waals surface area contributed by atoms with Crippen LogP contribution in [0.25, 0.3) is 0 Å². The molecule has 0 spiro atoms. The Labute approximate surface area is 134 Å². The molecular weight excluding hydrogens is 302 g/mol. The standard InChI is InChI=1S/C15H21N3O5/c1-4-5-6-19-11-16-12(20-7-14(2)9-22-14)18-13(17-11)21-8-15(3)10-23-15/h4-5H,6-10H2,1-3H3/b5-4+. The molecule has 0 amide bonds. The number of epoxide rings is 2. The summed E-state index contributed by atoms with van der Waals surface area (Å²) in [6.45, 7) is 8.26. The Morgan fingerprint density at radius 3 is 1.74 bits per heavy atom. The van der Waals surface area contributed by atoms with Crippen LogP contribution < -0.4 is 14.2 Å². The third-order valence-electron chi connectivity index (χ3n) is 3.41. The molecule has 2 fully saturated rings. The normalized spacial score (nSPS) is 28.7. The summed E-state index contributed by atoms with van der Waals surface area (Å²) in [5, 5.41) is 0. The van der Waals surface area contributed by atoms with E-state index in [0.717, 1.165) is 0 Å². The van der Waals surface area contributed by atoms with Crippen LogP contribution in [0.5, 0.6) is 18.0 Å². The average Bonchev–Trinajstić information content (AvgIpc) is 3.44. The Balaban J connectivity index is 1.66. The molecule has 2 atom stereocenters. The Hall–Kier alpha value is -1.93. The van der Waals surface area contributed by atoms with E-state index in [1.54, 1.807) is 0 Å². The first-order chi connectivity index (χ1) is 11.0. The van der Waals surface area contributed by atoms with Crippen molar-refractivity contribution in [3.8, 4) is 18.0 Å². The molecule has 8 heteroatoms. The zero-order valence-corrected chi connectivity index (χ0v) is 13.6. The van der Waals surface area contributed by atoms with Crippen LogP contribution in [-0.2, 0) is 9.47 Å². The molecule has 0 aliphatic carbocycles. The van der Waals surface area contributed by atoms with Crippen LogP contribution in [-0.4, -0.2) is 59.2 Å². The van der Waals surface area contributed by atoms with E-state index in [1.807, 2.05) is 32.9 Å². The van der Waals surface area contributed by atoms with Gasteiger partial charge in [-0.3, -0.25) is 0 Å². The molecule has 0 aromatic carbocycles. The molecule has 23 heavy (non-hydrogen) atoms. The highest BCUT2D eigenvalue weighted by molar-refractivity contribution is 5.10. The van der Waals surface area contributed by atoms with E-state index in [0.29, 0.717) is 33.0 Å². The second-order valence-corrected chi connectivity index (χ2v) is 6.12. The van der Waals surface area contributed by atoms with Crippen molar-refractivity contribution in [3.05, 3.63) is 12.2 Å². The van der Waals surface area contributed by atoms with Crippen molar-refractivity contribution >= 4 is 0 Å². The van der Waals surface area contributed by atoms with Crippen LogP contribution in [0.3, 0.4) is 0 Å². The largest absolute Gasteiger partial charge is 0.460 e. The van der Waals surface area contributed by atoms with E-state index in [9.17, 15) is 0 Å². The molecule has 1 aromatic heterocycles. The summed E-state index contributed by atoms with van der Waals surface area (Å²) in [5.41, 5.74) is -0.510. The monoisotopic (exact) mass is 323 g/mol. The summed E-state index contributed by atoms with van der Waals surface area (Å²) in [5.74, 6) is 0. The van der Waals surface area contributed by atoms with E-state index in [-0.39, 0.29) is 29.2 Å². The third-order valence-corrected chi connectivity index (χ3v) is 3.41. The molecule has 0 bridgehead atoms. The lowest BCUT2D eigenvalue weighted by molar-refractivity contribution is 0.170. The van der Waals surface area contributed by atoms with Gasteiger partial charge in [-0.05, 0) is 20.8 Å². The number of ether oxygens (including phenoxy) is 5. The molecule has 2 aliphatic heterocycles. The fourth-order valence-electron chi connectivity index (χ4n) is 1.58. The third kappa shape index (κ3) is 4.77. The van der Waals surface area contributed by atoms with Crippen molar-refractivity contribution in [3.63, 3.8) is 0 Å². The molecule has 1 aromatic rings. The molecule has 2 aliphatic rings. The van der Waals surface area contributed by atoms with Crippen LogP contribution in [0.2, 0.25) is 0 Å². The highest BCUT2D eigenvalue weighted by Gasteiger charge is 2.41. The van der Waals surface area contributed by atoms with Crippen LogP contribution in [0.15, 0.2) is 12.2 Å². The van der Waals surface area contributed by atoms with Gasteiger partial charge >= 0.3 is 18.0 Å². The summed E-state index contributed by atoms with van der Waals surface area (Å²) in [4.78, 5) is 12.4. The molecule has 3 rings (SSSR count). The van der Waals surface area contributed by atoms with Crippen LogP contribution in [0.4, 0.5) is 0 Å². The number of nitrogens with zero attached hydrogens (tertiary/aromatic N) is 3. The van der Waals surface area contributed by atoms with Crippen LogP contribution >= 0.6 is 0 Å². The minimum Gasteiger partial charge on any atom is -0.460 e. The van der Waals surface area contributed by atoms with Gasteiger partial charge in [0.15, 0.2) is 0 Å². The number of allylic oxidation sites excluding steroid dienone is 1. The van der Waals surface area contributed by atoms with Gasteiger partial charge in [0.05, 0.1) is 13.2 Å². The maximum atomic E-state index is 5.57. The van der Waals surface area contributed by atoms with Crippen molar-refractivity contribution in [2.24, 2.45) is 0 Å². The number of aromatic nitrogens is 3. The first-order valence-electron chi connectivity index (χ1n) is 7.54. The first kappa shape index (κ1) is 15.9. The van der Waals surface area contributed by atoms with E-state index in [2.05, 4.69) is 15.0 Å². The molecule has 0 saturated carbocycles. The predicted molar refractivity (Wildman–Crippen MR) is 79.8 cm³/mol. The molecule has 3 heterocycles. The molecule has 8 nitrogen and oxygen atoms in total. The molecule has 0 N–H and O–H groups in total. The van der Waals surface area contributed by atoms with Crippen LogP contribution in [0.1, 0.15) is 20.8 Å². The van der Waals surface area contributed by atoms with Gasteiger partial charge in [-0.15, -0.1) is 15.0 Å². The zero-order valence-electron chi connectivity index (χ0n) is 13.6. The highest BCUT2D eigenvalue weighted by Crippen LogP contribution is 2.28. The highest BCUT2D eigenvalue weighted by atomic mass is 16.6. The molecular formula is C15H21N3O5. The molecule has 0 radical (unpaired) electrons. The van der Waals surface area contributed by atoms with Crippen molar-refractivity contribution in [1.29, 1.82) is 0 Å². The fourth-order valence-corrected chi connectivity index (χ4v) is 1.58. The number of rotatable bonds is 9. The Bertz CT molecular complexity index is 544. The smallest absolute Gasteiger partial charge is 0.326 e. The topological polar surface area (TPSA) is 91.4 Å². The van der Waals surface area contributed by atoms with Crippen molar-refractivity contribution in [2.45, 2.75) is 32.0 Å². The molecule has 2 saturated heterocycles. The second-order valence-electron chi connectivity index (χ2n) is 6.12. The lowest BCUT2D eigenvalue weighted by Crippen LogP contribution is -2.20. The van der Waals surface area contributed by atoms with Gasteiger partial charge in [0, 0.05) is 0 Å². The average molecular weight is 323 g/mol. The fraction of sp³-hybridized carbons (Fsp3) is 0.667. The van der Waals surface area contributed by atoms with E-state index in [1.165, 1.54) is 0 Å². The zero-order chi connectivity index (χ0) is 16.3. The van der Waals surface area contributed by atoms with Crippen molar-refractivity contribution in [1.82, 2.24) is 15.0 Å². The SMILES string of the molecule is C/C=C/COc1nc(OCC2(C)CO2)nc(OCC2(C)CO2)n1. The van der Waals surface area contributed by atoms with E-state index >= 15 is 0 Å². The van der Waals surface area contributed by atoms with Crippen LogP contribution in [0, 0.1) is 0 Å². The lowest BCUT2D eigenvalue weighted by atomic mass is 10.2. The van der Waals surface area contributed by atoms with Crippen molar-refractivity contribution < 1.29 is 23.7 Å². The summed E-state index contributed by atoms with van der Waals surface area (Å²) in [6, 6.07) is 0.472. The van der Waals surface area contributed by atoms with Gasteiger partial charge in [0.2, 0.25) is 0 Å². The minimum absolute atomic E-state index is 0.157. The maximum absolute atomic E-state index is 5.57. The van der Waals surface area contributed by atoms with Gasteiger partial charge in [-0.25, -0.2) is 0 Å². The van der Waals surface area contributed by atoms with Gasteiger partial charge in [-0.2, -0.15) is 0 Å².